The van der Waals surface area contributed by atoms with Crippen molar-refractivity contribution in [3.05, 3.63) is 29.8 Å². The smallest absolute Gasteiger partial charge is 0.119 e. The van der Waals surface area contributed by atoms with Crippen LogP contribution in [0.5, 0.6) is 5.75 Å². The van der Waals surface area contributed by atoms with Crippen molar-refractivity contribution >= 4 is 0 Å². The Balaban J connectivity index is 1.70. The van der Waals surface area contributed by atoms with Gasteiger partial charge in [-0.25, -0.2) is 0 Å². The number of rotatable bonds is 7. The molecule has 5 nitrogen and oxygen atoms in total. The van der Waals surface area contributed by atoms with Gasteiger partial charge in [-0.15, -0.1) is 0 Å². The van der Waals surface area contributed by atoms with Gasteiger partial charge >= 0.3 is 0 Å². The summed E-state index contributed by atoms with van der Waals surface area (Å²) in [5, 5.41) is 28.9. The number of benzene rings is 1. The Bertz CT molecular complexity index is 512. The molecule has 0 aliphatic heterocycles. The van der Waals surface area contributed by atoms with E-state index < -0.39 is 6.10 Å². The van der Waals surface area contributed by atoms with Crippen LogP contribution in [0.1, 0.15) is 31.2 Å². The van der Waals surface area contributed by atoms with E-state index in [1.54, 1.807) is 24.3 Å². The quantitative estimate of drug-likeness (QED) is 0.801. The molecule has 1 saturated carbocycles. The maximum Gasteiger partial charge on any atom is 0.119 e. The summed E-state index contributed by atoms with van der Waals surface area (Å²) in [6.07, 6.45) is 3.45. The summed E-state index contributed by atoms with van der Waals surface area (Å²) in [5.74, 6) is 0.953. The first-order chi connectivity index (χ1) is 11.1. The molecular weight excluding hydrogens is 292 g/mol. The molecule has 1 aliphatic carbocycles. The van der Waals surface area contributed by atoms with Crippen LogP contribution in [-0.2, 0) is 0 Å². The maximum absolute atomic E-state index is 10.1. The van der Waals surface area contributed by atoms with Gasteiger partial charge in [0.25, 0.3) is 0 Å². The van der Waals surface area contributed by atoms with E-state index in [2.05, 4.69) is 11.0 Å². The minimum absolute atomic E-state index is 0.210. The largest absolute Gasteiger partial charge is 0.491 e. The number of hydrogen-bond acceptors (Lipinski definition) is 5. The lowest BCUT2D eigenvalue weighted by atomic mass is 9.86. The lowest BCUT2D eigenvalue weighted by Gasteiger charge is -2.31. The Morgan fingerprint density at radius 3 is 2.65 bits per heavy atom. The second-order valence-electron chi connectivity index (χ2n) is 6.43. The lowest BCUT2D eigenvalue weighted by Crippen LogP contribution is -2.39. The van der Waals surface area contributed by atoms with Crippen molar-refractivity contribution in [1.82, 2.24) is 4.90 Å². The van der Waals surface area contributed by atoms with Crippen molar-refractivity contribution < 1.29 is 14.9 Å². The topological polar surface area (TPSA) is 76.7 Å². The van der Waals surface area contributed by atoms with Crippen LogP contribution in [0.3, 0.4) is 0 Å². The standard InChI is InChI=1S/C18H26N2O3/c1-20(11-15-4-2-3-5-18(15)22)12-16(21)13-23-17-8-6-14(10-19)7-9-17/h6-9,15-16,18,21-22H,2-5,11-13H2,1H3. The van der Waals surface area contributed by atoms with Crippen LogP contribution in [0.15, 0.2) is 24.3 Å². The summed E-state index contributed by atoms with van der Waals surface area (Å²) < 4.78 is 5.54. The van der Waals surface area contributed by atoms with Gasteiger partial charge < -0.3 is 19.8 Å². The molecular formula is C18H26N2O3. The molecule has 0 bridgehead atoms. The van der Waals surface area contributed by atoms with Gasteiger partial charge in [-0.05, 0) is 50.1 Å². The normalized spacial score (nSPS) is 22.6. The molecule has 1 aliphatic rings. The minimum Gasteiger partial charge on any atom is -0.491 e. The van der Waals surface area contributed by atoms with Crippen molar-refractivity contribution in [1.29, 1.82) is 5.26 Å². The summed E-state index contributed by atoms with van der Waals surface area (Å²) in [5.41, 5.74) is 0.587. The number of aliphatic hydroxyl groups excluding tert-OH is 2. The summed E-state index contributed by atoms with van der Waals surface area (Å²) in [6, 6.07) is 8.90. The van der Waals surface area contributed by atoms with Crippen LogP contribution >= 0.6 is 0 Å². The van der Waals surface area contributed by atoms with Gasteiger partial charge in [0.1, 0.15) is 18.5 Å². The first-order valence-corrected chi connectivity index (χ1v) is 8.26. The second-order valence-corrected chi connectivity index (χ2v) is 6.43. The Morgan fingerprint density at radius 2 is 2.00 bits per heavy atom. The molecule has 2 N–H and O–H groups in total. The van der Waals surface area contributed by atoms with Crippen molar-refractivity contribution in [3.8, 4) is 11.8 Å². The highest BCUT2D eigenvalue weighted by Crippen LogP contribution is 2.24. The average Bonchev–Trinajstić information content (AvgIpc) is 2.55. The van der Waals surface area contributed by atoms with E-state index in [1.165, 1.54) is 6.42 Å². The van der Waals surface area contributed by atoms with Crippen molar-refractivity contribution in [2.45, 2.75) is 37.9 Å². The van der Waals surface area contributed by atoms with Crippen LogP contribution in [0, 0.1) is 17.2 Å². The SMILES string of the molecule is CN(CC(O)COc1ccc(C#N)cc1)CC1CCCCC1O. The first kappa shape index (κ1) is 17.7. The average molecular weight is 318 g/mol. The summed E-state index contributed by atoms with van der Waals surface area (Å²) in [6.45, 7) is 1.53. The maximum atomic E-state index is 10.1. The third kappa shape index (κ3) is 5.83. The van der Waals surface area contributed by atoms with E-state index in [-0.39, 0.29) is 12.7 Å². The second kappa shape index (κ2) is 8.88. The molecule has 1 fully saturated rings. The van der Waals surface area contributed by atoms with Crippen molar-refractivity contribution in [3.63, 3.8) is 0 Å². The Kier molecular flexibility index (Phi) is 6.85. The fraction of sp³-hybridized carbons (Fsp3) is 0.611. The molecule has 23 heavy (non-hydrogen) atoms. The highest BCUT2D eigenvalue weighted by Gasteiger charge is 2.24. The Labute approximate surface area is 138 Å². The molecule has 0 aromatic heterocycles. The molecule has 5 heteroatoms. The molecule has 0 amide bonds. The van der Waals surface area contributed by atoms with Crippen LogP contribution in [0.25, 0.3) is 0 Å². The summed E-state index contributed by atoms with van der Waals surface area (Å²) >= 11 is 0. The molecule has 1 aromatic carbocycles. The van der Waals surface area contributed by atoms with E-state index in [1.807, 2.05) is 7.05 Å². The fourth-order valence-corrected chi connectivity index (χ4v) is 3.11. The number of nitriles is 1. The lowest BCUT2D eigenvalue weighted by molar-refractivity contribution is 0.0316. The van der Waals surface area contributed by atoms with E-state index in [9.17, 15) is 10.2 Å². The molecule has 0 saturated heterocycles. The van der Waals surface area contributed by atoms with E-state index in [0.29, 0.717) is 23.8 Å². The van der Waals surface area contributed by atoms with E-state index in [0.717, 1.165) is 25.8 Å². The number of nitrogens with zero attached hydrogens (tertiary/aromatic N) is 2. The predicted molar refractivity (Wildman–Crippen MR) is 88.1 cm³/mol. The number of hydrogen-bond donors (Lipinski definition) is 2. The highest BCUT2D eigenvalue weighted by molar-refractivity contribution is 5.34. The van der Waals surface area contributed by atoms with Crippen LogP contribution in [-0.4, -0.2) is 54.1 Å². The predicted octanol–water partition coefficient (Wildman–Crippen LogP) is 1.78. The molecule has 0 radical (unpaired) electrons. The van der Waals surface area contributed by atoms with Gasteiger partial charge in [0.05, 0.1) is 17.7 Å². The van der Waals surface area contributed by atoms with Gasteiger partial charge in [0.2, 0.25) is 0 Å². The number of ether oxygens (including phenoxy) is 1. The van der Waals surface area contributed by atoms with Gasteiger partial charge in [-0.2, -0.15) is 5.26 Å². The highest BCUT2D eigenvalue weighted by atomic mass is 16.5. The Morgan fingerprint density at radius 1 is 1.30 bits per heavy atom. The number of aliphatic hydroxyl groups is 2. The molecule has 0 spiro atoms. The van der Waals surface area contributed by atoms with Gasteiger partial charge in [0.15, 0.2) is 0 Å². The Hall–Kier alpha value is -1.61. The van der Waals surface area contributed by atoms with Crippen LogP contribution in [0.2, 0.25) is 0 Å². The van der Waals surface area contributed by atoms with E-state index in [4.69, 9.17) is 10.00 Å². The minimum atomic E-state index is -0.587. The zero-order valence-corrected chi connectivity index (χ0v) is 13.7. The van der Waals surface area contributed by atoms with Crippen molar-refractivity contribution in [2.24, 2.45) is 5.92 Å². The molecule has 1 aromatic rings. The van der Waals surface area contributed by atoms with Gasteiger partial charge in [-0.1, -0.05) is 12.8 Å². The molecule has 3 unspecified atom stereocenters. The number of likely N-dealkylation sites (N-methyl/N-ethyl adjacent to an activating group) is 1. The third-order valence-electron chi connectivity index (χ3n) is 4.36. The molecule has 126 valence electrons. The molecule has 0 heterocycles. The summed E-state index contributed by atoms with van der Waals surface area (Å²) in [4.78, 5) is 2.06. The van der Waals surface area contributed by atoms with E-state index >= 15 is 0 Å². The molecule has 3 atom stereocenters. The summed E-state index contributed by atoms with van der Waals surface area (Å²) in [7, 11) is 1.96. The molecule has 2 rings (SSSR count). The zero-order chi connectivity index (χ0) is 16.7. The first-order valence-electron chi connectivity index (χ1n) is 8.26. The van der Waals surface area contributed by atoms with Crippen LogP contribution in [0.4, 0.5) is 0 Å². The monoisotopic (exact) mass is 318 g/mol. The fourth-order valence-electron chi connectivity index (χ4n) is 3.11. The van der Waals surface area contributed by atoms with Gasteiger partial charge in [-0.3, -0.25) is 0 Å². The third-order valence-corrected chi connectivity index (χ3v) is 4.36. The zero-order valence-electron chi connectivity index (χ0n) is 13.7. The van der Waals surface area contributed by atoms with Crippen LogP contribution < -0.4 is 4.74 Å². The van der Waals surface area contributed by atoms with Crippen molar-refractivity contribution in [2.75, 3.05) is 26.7 Å². The van der Waals surface area contributed by atoms with Gasteiger partial charge in [0, 0.05) is 13.1 Å².